The van der Waals surface area contributed by atoms with Gasteiger partial charge in [-0.3, -0.25) is 9.59 Å². The number of hydrogen-bond donors (Lipinski definition) is 2. The van der Waals surface area contributed by atoms with Crippen LogP contribution in [0.15, 0.2) is 12.2 Å². The largest absolute Gasteiger partial charge is 0.462 e. The number of rotatable bonds is 1. The second-order valence-electron chi connectivity index (χ2n) is 7.08. The summed E-state index contributed by atoms with van der Waals surface area (Å²) in [6, 6.07) is -0.465. The first-order valence-corrected chi connectivity index (χ1v) is 10.2. The molecule has 2 bridgehead atoms. The van der Waals surface area contributed by atoms with Crippen molar-refractivity contribution >= 4 is 23.0 Å². The van der Waals surface area contributed by atoms with Gasteiger partial charge in [0.05, 0.1) is 12.1 Å². The van der Waals surface area contributed by atoms with Gasteiger partial charge in [-0.2, -0.15) is 0 Å². The zero-order valence-corrected chi connectivity index (χ0v) is 15.3. The van der Waals surface area contributed by atoms with Crippen LogP contribution < -0.4 is 5.32 Å². The highest BCUT2D eigenvalue weighted by molar-refractivity contribution is 8.14. The molecule has 3 aliphatic heterocycles. The number of hydrogen-bond acceptors (Lipinski definition) is 6. The average Bonchev–Trinajstić information content (AvgIpc) is 2.99. The van der Waals surface area contributed by atoms with E-state index >= 15 is 0 Å². The van der Waals surface area contributed by atoms with Crippen LogP contribution in [0.25, 0.3) is 0 Å². The van der Waals surface area contributed by atoms with E-state index in [0.29, 0.717) is 18.6 Å². The Morgan fingerprint density at radius 3 is 2.72 bits per heavy atom. The predicted molar refractivity (Wildman–Crippen MR) is 95.2 cm³/mol. The van der Waals surface area contributed by atoms with Gasteiger partial charge in [0.15, 0.2) is 5.79 Å². The molecule has 6 nitrogen and oxygen atoms in total. The fourth-order valence-corrected chi connectivity index (χ4v) is 4.57. The Bertz CT molecular complexity index is 526. The molecule has 0 aliphatic carbocycles. The number of ether oxygens (including phenoxy) is 2. The van der Waals surface area contributed by atoms with E-state index in [2.05, 4.69) is 17.5 Å². The summed E-state index contributed by atoms with van der Waals surface area (Å²) < 4.78 is 11.6. The number of nitrogens with one attached hydrogen (secondary N) is 1. The van der Waals surface area contributed by atoms with Gasteiger partial charge in [0, 0.05) is 25.0 Å². The van der Waals surface area contributed by atoms with Crippen molar-refractivity contribution in [3.8, 4) is 0 Å². The Hall–Kier alpha value is -1.05. The fraction of sp³-hybridized carbons (Fsp3) is 0.778. The third kappa shape index (κ3) is 5.21. The number of allylic oxidation sites excluding steroid dienone is 2. The molecule has 140 valence electrons. The quantitative estimate of drug-likeness (QED) is 0.546. The highest BCUT2D eigenvalue weighted by Gasteiger charge is 2.49. The highest BCUT2D eigenvalue weighted by atomic mass is 32.2. The molecule has 25 heavy (non-hydrogen) atoms. The second-order valence-corrected chi connectivity index (χ2v) is 8.07. The van der Waals surface area contributed by atoms with Crippen molar-refractivity contribution in [1.82, 2.24) is 5.32 Å². The van der Waals surface area contributed by atoms with E-state index in [0.717, 1.165) is 50.3 Å². The molecule has 2 saturated heterocycles. The molecule has 4 atom stereocenters. The van der Waals surface area contributed by atoms with Crippen LogP contribution in [0.2, 0.25) is 0 Å². The molecule has 7 heteroatoms. The lowest BCUT2D eigenvalue weighted by molar-refractivity contribution is -0.284. The summed E-state index contributed by atoms with van der Waals surface area (Å²) in [5, 5.41) is 13.6. The highest BCUT2D eigenvalue weighted by Crippen LogP contribution is 2.36. The van der Waals surface area contributed by atoms with Crippen LogP contribution in [-0.4, -0.2) is 46.1 Å². The van der Waals surface area contributed by atoms with Gasteiger partial charge in [0.25, 0.3) is 5.24 Å². The minimum Gasteiger partial charge on any atom is -0.462 e. The van der Waals surface area contributed by atoms with E-state index in [4.69, 9.17) is 9.47 Å². The van der Waals surface area contributed by atoms with Crippen LogP contribution in [0.5, 0.6) is 0 Å². The molecule has 0 radical (unpaired) electrons. The van der Waals surface area contributed by atoms with Gasteiger partial charge < -0.3 is 19.9 Å². The first-order chi connectivity index (χ1) is 12.0. The van der Waals surface area contributed by atoms with Crippen LogP contribution in [-0.2, 0) is 14.3 Å². The molecule has 2 N–H and O–H groups in total. The van der Waals surface area contributed by atoms with E-state index in [-0.39, 0.29) is 29.8 Å². The molecule has 0 unspecified atom stereocenters. The van der Waals surface area contributed by atoms with Crippen molar-refractivity contribution in [3.63, 3.8) is 0 Å². The molecule has 3 aliphatic rings. The van der Waals surface area contributed by atoms with Gasteiger partial charge in [0.2, 0.25) is 0 Å². The molecule has 0 aromatic carbocycles. The third-order valence-electron chi connectivity index (χ3n) is 5.00. The molecule has 1 amide bonds. The molecule has 0 aromatic rings. The average molecular weight is 369 g/mol. The first kappa shape index (κ1) is 18.7. The Labute approximate surface area is 152 Å². The Morgan fingerprint density at radius 1 is 1.16 bits per heavy atom. The number of esters is 1. The molecular weight excluding hydrogens is 342 g/mol. The van der Waals surface area contributed by atoms with E-state index < -0.39 is 11.8 Å². The first-order valence-electron chi connectivity index (χ1n) is 9.23. The van der Waals surface area contributed by atoms with Gasteiger partial charge in [-0.05, 0) is 38.5 Å². The third-order valence-corrected chi connectivity index (χ3v) is 5.88. The summed E-state index contributed by atoms with van der Waals surface area (Å²) in [6.07, 6.45) is 10.6. The van der Waals surface area contributed by atoms with E-state index in [1.807, 2.05) is 0 Å². The number of carbonyl (C=O) groups excluding carboxylic acids is 2. The maximum atomic E-state index is 12.1. The van der Waals surface area contributed by atoms with Crippen molar-refractivity contribution in [2.75, 3.05) is 5.75 Å². The van der Waals surface area contributed by atoms with Gasteiger partial charge in [-0.25, -0.2) is 0 Å². The topological polar surface area (TPSA) is 84.9 Å². The summed E-state index contributed by atoms with van der Waals surface area (Å²) in [5.74, 6) is -1.22. The van der Waals surface area contributed by atoms with Crippen molar-refractivity contribution in [2.45, 2.75) is 81.8 Å². The Morgan fingerprint density at radius 2 is 1.96 bits per heavy atom. The van der Waals surface area contributed by atoms with Gasteiger partial charge in [0.1, 0.15) is 6.10 Å². The summed E-state index contributed by atoms with van der Waals surface area (Å²) in [5.41, 5.74) is 0. The standard InChI is InChI=1S/C18H27NO5S/c20-16-9-7-5-3-1-2-4-6-8-13-10-14(23-16)11-18(22,24-13)15-12-25-17(21)19-15/h1-2,13-15,22H,3-12H2,(H,19,21)/b2-1-/t13-,14-,15+,18-/m1/s1. The Kier molecular flexibility index (Phi) is 6.41. The lowest BCUT2D eigenvalue weighted by Gasteiger charge is -2.43. The zero-order valence-electron chi connectivity index (χ0n) is 14.4. The molecule has 0 spiro atoms. The van der Waals surface area contributed by atoms with Crippen LogP contribution in [0.1, 0.15) is 57.8 Å². The fourth-order valence-electron chi connectivity index (χ4n) is 3.68. The molecule has 0 aromatic heterocycles. The van der Waals surface area contributed by atoms with Crippen LogP contribution in [0.3, 0.4) is 0 Å². The van der Waals surface area contributed by atoms with Crippen molar-refractivity contribution in [3.05, 3.63) is 12.2 Å². The van der Waals surface area contributed by atoms with Gasteiger partial charge >= 0.3 is 5.97 Å². The lowest BCUT2D eigenvalue weighted by atomic mass is 9.91. The van der Waals surface area contributed by atoms with Crippen LogP contribution in [0.4, 0.5) is 4.79 Å². The van der Waals surface area contributed by atoms with Gasteiger partial charge in [-0.15, -0.1) is 0 Å². The minimum absolute atomic E-state index is 0.148. The molecule has 0 saturated carbocycles. The van der Waals surface area contributed by atoms with Gasteiger partial charge in [-0.1, -0.05) is 23.9 Å². The number of amides is 1. The smallest absolute Gasteiger partial charge is 0.306 e. The SMILES string of the molecule is O=C1CCCC/C=C\CCC[C@@H]2C[C@H](C[C@](O)([C@@H]3CSC(=O)N3)O2)O1. The Balaban J connectivity index is 1.70. The predicted octanol–water partition coefficient (Wildman–Crippen LogP) is 2.89. The van der Waals surface area contributed by atoms with Crippen molar-refractivity contribution in [2.24, 2.45) is 0 Å². The number of thioether (sulfide) groups is 1. The van der Waals surface area contributed by atoms with Crippen LogP contribution in [0, 0.1) is 0 Å². The maximum absolute atomic E-state index is 12.1. The van der Waals surface area contributed by atoms with E-state index in [9.17, 15) is 14.7 Å². The van der Waals surface area contributed by atoms with Crippen molar-refractivity contribution in [1.29, 1.82) is 0 Å². The molecule has 2 fully saturated rings. The molecule has 3 heterocycles. The normalized spacial score (nSPS) is 39.2. The van der Waals surface area contributed by atoms with E-state index in [1.165, 1.54) is 0 Å². The summed E-state index contributed by atoms with van der Waals surface area (Å²) in [6.45, 7) is 0. The monoisotopic (exact) mass is 369 g/mol. The minimum atomic E-state index is -1.47. The lowest BCUT2D eigenvalue weighted by Crippen LogP contribution is -2.58. The number of aliphatic hydroxyl groups is 1. The second kappa shape index (κ2) is 8.56. The number of fused-ring (bicyclic) bond motifs is 2. The zero-order chi connectivity index (χ0) is 17.7. The maximum Gasteiger partial charge on any atom is 0.306 e. The molecular formula is C18H27NO5S. The summed E-state index contributed by atoms with van der Waals surface area (Å²) in [4.78, 5) is 23.6. The van der Waals surface area contributed by atoms with E-state index in [1.54, 1.807) is 0 Å². The van der Waals surface area contributed by atoms with Crippen molar-refractivity contribution < 1.29 is 24.2 Å². The summed E-state index contributed by atoms with van der Waals surface area (Å²) in [7, 11) is 0. The summed E-state index contributed by atoms with van der Waals surface area (Å²) >= 11 is 1.15. The molecule has 3 rings (SSSR count). The van der Waals surface area contributed by atoms with Crippen LogP contribution >= 0.6 is 11.8 Å². The number of carbonyl (C=O) groups is 2.